The highest BCUT2D eigenvalue weighted by Crippen LogP contribution is 2.21. The van der Waals surface area contributed by atoms with Crippen LogP contribution in [0.3, 0.4) is 0 Å². The van der Waals surface area contributed by atoms with Gasteiger partial charge in [-0.1, -0.05) is 38.1 Å². The first-order chi connectivity index (χ1) is 14.2. The molecular formula is C22H28FN3O3S. The third kappa shape index (κ3) is 4.99. The molecule has 0 spiro atoms. The number of sulfonamides is 1. The highest BCUT2D eigenvalue weighted by atomic mass is 32.2. The van der Waals surface area contributed by atoms with E-state index in [0.29, 0.717) is 19.0 Å². The maximum atomic E-state index is 13.1. The van der Waals surface area contributed by atoms with Gasteiger partial charge in [0.2, 0.25) is 10.0 Å². The predicted octanol–water partition coefficient (Wildman–Crippen LogP) is 3.73. The molecule has 1 aliphatic heterocycles. The van der Waals surface area contributed by atoms with Gasteiger partial charge < -0.3 is 10.2 Å². The van der Waals surface area contributed by atoms with Crippen LogP contribution in [-0.2, 0) is 10.0 Å². The lowest BCUT2D eigenvalue weighted by Crippen LogP contribution is -2.53. The Morgan fingerprint density at radius 1 is 0.900 bits per heavy atom. The Hall–Kier alpha value is -2.45. The van der Waals surface area contributed by atoms with E-state index in [1.807, 2.05) is 19.1 Å². The van der Waals surface area contributed by atoms with Crippen molar-refractivity contribution in [2.24, 2.45) is 0 Å². The van der Waals surface area contributed by atoms with Crippen LogP contribution in [0, 0.1) is 5.82 Å². The lowest BCUT2D eigenvalue weighted by Gasteiger charge is -2.34. The van der Waals surface area contributed by atoms with Gasteiger partial charge in [-0.15, -0.1) is 0 Å². The molecule has 0 radical (unpaired) electrons. The molecule has 0 bridgehead atoms. The van der Waals surface area contributed by atoms with Gasteiger partial charge in [0, 0.05) is 26.2 Å². The second-order valence-corrected chi connectivity index (χ2v) is 9.78. The summed E-state index contributed by atoms with van der Waals surface area (Å²) in [5.41, 5.74) is 1.89. The van der Waals surface area contributed by atoms with Crippen LogP contribution in [0.15, 0.2) is 53.4 Å². The van der Waals surface area contributed by atoms with Gasteiger partial charge in [-0.05, 0) is 48.2 Å². The van der Waals surface area contributed by atoms with Crippen molar-refractivity contribution in [3.05, 3.63) is 65.5 Å². The SMILES string of the molecule is CC(C)c1ccc(S(=O)(=O)N2CCN(C(=O)NC(C)c3ccc(F)cc3)CC2)cc1. The van der Waals surface area contributed by atoms with Crippen LogP contribution in [0.4, 0.5) is 9.18 Å². The monoisotopic (exact) mass is 433 g/mol. The molecule has 30 heavy (non-hydrogen) atoms. The van der Waals surface area contributed by atoms with E-state index in [-0.39, 0.29) is 35.9 Å². The minimum atomic E-state index is -3.58. The van der Waals surface area contributed by atoms with Crippen molar-refractivity contribution in [1.29, 1.82) is 0 Å². The van der Waals surface area contributed by atoms with E-state index >= 15 is 0 Å². The Morgan fingerprint density at radius 3 is 1.97 bits per heavy atom. The Kier molecular flexibility index (Phi) is 6.77. The molecule has 1 unspecified atom stereocenters. The van der Waals surface area contributed by atoms with E-state index in [2.05, 4.69) is 19.2 Å². The molecule has 1 saturated heterocycles. The van der Waals surface area contributed by atoms with Crippen LogP contribution in [0.25, 0.3) is 0 Å². The van der Waals surface area contributed by atoms with E-state index in [9.17, 15) is 17.6 Å². The zero-order valence-corrected chi connectivity index (χ0v) is 18.3. The number of rotatable bonds is 5. The van der Waals surface area contributed by atoms with Gasteiger partial charge in [-0.3, -0.25) is 0 Å². The third-order valence-electron chi connectivity index (χ3n) is 5.42. The number of benzene rings is 2. The van der Waals surface area contributed by atoms with Crippen molar-refractivity contribution in [2.75, 3.05) is 26.2 Å². The highest BCUT2D eigenvalue weighted by Gasteiger charge is 2.30. The summed E-state index contributed by atoms with van der Waals surface area (Å²) < 4.78 is 40.3. The normalized spacial score (nSPS) is 16.5. The molecule has 0 aliphatic carbocycles. The van der Waals surface area contributed by atoms with Crippen molar-refractivity contribution in [2.45, 2.75) is 37.6 Å². The molecular weight excluding hydrogens is 405 g/mol. The molecule has 1 atom stereocenters. The van der Waals surface area contributed by atoms with Crippen LogP contribution in [0.1, 0.15) is 43.9 Å². The highest BCUT2D eigenvalue weighted by molar-refractivity contribution is 7.89. The Labute approximate surface area is 177 Å². The first-order valence-electron chi connectivity index (χ1n) is 10.1. The number of carbonyl (C=O) groups excluding carboxylic acids is 1. The molecule has 1 N–H and O–H groups in total. The number of urea groups is 1. The molecule has 0 saturated carbocycles. The smallest absolute Gasteiger partial charge is 0.317 e. The molecule has 3 rings (SSSR count). The Bertz CT molecular complexity index is 968. The molecule has 162 valence electrons. The molecule has 2 aromatic carbocycles. The Morgan fingerprint density at radius 2 is 1.43 bits per heavy atom. The number of amides is 2. The first kappa shape index (κ1) is 22.2. The maximum absolute atomic E-state index is 13.1. The van der Waals surface area contributed by atoms with Crippen molar-refractivity contribution >= 4 is 16.1 Å². The number of nitrogens with one attached hydrogen (secondary N) is 1. The van der Waals surface area contributed by atoms with Crippen molar-refractivity contribution < 1.29 is 17.6 Å². The maximum Gasteiger partial charge on any atom is 0.317 e. The fourth-order valence-corrected chi connectivity index (χ4v) is 4.84. The summed E-state index contributed by atoms with van der Waals surface area (Å²) >= 11 is 0. The van der Waals surface area contributed by atoms with Crippen LogP contribution in [0.5, 0.6) is 0 Å². The topological polar surface area (TPSA) is 69.7 Å². The summed E-state index contributed by atoms with van der Waals surface area (Å²) in [6.07, 6.45) is 0. The summed E-state index contributed by atoms with van der Waals surface area (Å²) in [6, 6.07) is 12.4. The molecule has 1 heterocycles. The van der Waals surface area contributed by atoms with E-state index < -0.39 is 10.0 Å². The Balaban J connectivity index is 1.58. The molecule has 1 fully saturated rings. The van der Waals surface area contributed by atoms with Gasteiger partial charge in [0.15, 0.2) is 0 Å². The van der Waals surface area contributed by atoms with Gasteiger partial charge in [0.25, 0.3) is 0 Å². The number of carbonyl (C=O) groups is 1. The minimum Gasteiger partial charge on any atom is -0.331 e. The second-order valence-electron chi connectivity index (χ2n) is 7.84. The number of halogens is 1. The van der Waals surface area contributed by atoms with E-state index in [1.165, 1.54) is 16.4 Å². The van der Waals surface area contributed by atoms with E-state index in [1.54, 1.807) is 29.2 Å². The average Bonchev–Trinajstić information content (AvgIpc) is 2.74. The van der Waals surface area contributed by atoms with Gasteiger partial charge in [-0.25, -0.2) is 17.6 Å². The first-order valence-corrected chi connectivity index (χ1v) is 11.5. The van der Waals surface area contributed by atoms with Gasteiger partial charge in [0.1, 0.15) is 5.82 Å². The van der Waals surface area contributed by atoms with Gasteiger partial charge in [-0.2, -0.15) is 4.31 Å². The van der Waals surface area contributed by atoms with Crippen molar-refractivity contribution in [3.8, 4) is 0 Å². The largest absolute Gasteiger partial charge is 0.331 e. The minimum absolute atomic E-state index is 0.243. The van der Waals surface area contributed by atoms with Crippen LogP contribution >= 0.6 is 0 Å². The van der Waals surface area contributed by atoms with Crippen LogP contribution in [-0.4, -0.2) is 49.8 Å². The standard InChI is InChI=1S/C22H28FN3O3S/c1-16(2)18-6-10-21(11-7-18)30(28,29)26-14-12-25(13-15-26)22(27)24-17(3)19-4-8-20(23)9-5-19/h4-11,16-17H,12-15H2,1-3H3,(H,24,27). The molecule has 2 aromatic rings. The predicted molar refractivity (Wildman–Crippen MR) is 114 cm³/mol. The molecule has 1 aliphatic rings. The fraction of sp³-hybridized carbons (Fsp3) is 0.409. The third-order valence-corrected chi connectivity index (χ3v) is 7.33. The quantitative estimate of drug-likeness (QED) is 0.781. The zero-order valence-electron chi connectivity index (χ0n) is 17.5. The van der Waals surface area contributed by atoms with Crippen LogP contribution < -0.4 is 5.32 Å². The second kappa shape index (κ2) is 9.14. The van der Waals surface area contributed by atoms with Crippen molar-refractivity contribution in [3.63, 3.8) is 0 Å². The summed E-state index contributed by atoms with van der Waals surface area (Å²) in [7, 11) is -3.58. The zero-order chi connectivity index (χ0) is 21.9. The van der Waals surface area contributed by atoms with Gasteiger partial charge >= 0.3 is 6.03 Å². The average molecular weight is 434 g/mol. The molecule has 6 nitrogen and oxygen atoms in total. The van der Waals surface area contributed by atoms with E-state index in [4.69, 9.17) is 0 Å². The summed E-state index contributed by atoms with van der Waals surface area (Å²) in [4.78, 5) is 14.4. The molecule has 2 amide bonds. The summed E-state index contributed by atoms with van der Waals surface area (Å²) in [5, 5.41) is 2.88. The number of hydrogen-bond donors (Lipinski definition) is 1. The number of nitrogens with zero attached hydrogens (tertiary/aromatic N) is 2. The lowest BCUT2D eigenvalue weighted by atomic mass is 10.0. The number of hydrogen-bond acceptors (Lipinski definition) is 3. The van der Waals surface area contributed by atoms with Crippen LogP contribution in [0.2, 0.25) is 0 Å². The molecule has 0 aromatic heterocycles. The fourth-order valence-electron chi connectivity index (χ4n) is 3.42. The summed E-state index contributed by atoms with van der Waals surface area (Å²) in [6.45, 7) is 7.05. The molecule has 8 heteroatoms. The number of piperazine rings is 1. The van der Waals surface area contributed by atoms with Gasteiger partial charge in [0.05, 0.1) is 10.9 Å². The van der Waals surface area contributed by atoms with Crippen molar-refractivity contribution in [1.82, 2.24) is 14.5 Å². The lowest BCUT2D eigenvalue weighted by molar-refractivity contribution is 0.169. The van der Waals surface area contributed by atoms with E-state index in [0.717, 1.165) is 11.1 Å². The summed E-state index contributed by atoms with van der Waals surface area (Å²) in [5.74, 6) is 0.00886.